The van der Waals surface area contributed by atoms with Gasteiger partial charge in [0.2, 0.25) is 0 Å². The van der Waals surface area contributed by atoms with Crippen molar-refractivity contribution in [2.24, 2.45) is 0 Å². The highest BCUT2D eigenvalue weighted by atomic mass is 16.1. The van der Waals surface area contributed by atoms with Crippen molar-refractivity contribution < 1.29 is 4.79 Å². The zero-order valence-corrected chi connectivity index (χ0v) is 14.6. The van der Waals surface area contributed by atoms with Crippen LogP contribution in [0.15, 0.2) is 47.4 Å². The van der Waals surface area contributed by atoms with Gasteiger partial charge in [0.15, 0.2) is 5.65 Å². The first-order chi connectivity index (χ1) is 12.7. The molecule has 6 nitrogen and oxygen atoms in total. The number of amides is 1. The van der Waals surface area contributed by atoms with E-state index in [0.717, 1.165) is 19.3 Å². The minimum Gasteiger partial charge on any atom is -0.349 e. The Morgan fingerprint density at radius 2 is 2.00 bits per heavy atom. The van der Waals surface area contributed by atoms with E-state index in [1.165, 1.54) is 0 Å². The quantitative estimate of drug-likeness (QED) is 0.769. The molecule has 1 amide bonds. The predicted octanol–water partition coefficient (Wildman–Crippen LogP) is 2.76. The average Bonchev–Trinajstić information content (AvgIpc) is 3.48. The number of rotatable bonds is 5. The van der Waals surface area contributed by atoms with Crippen molar-refractivity contribution in [1.29, 1.82) is 0 Å². The number of aromatic nitrogens is 3. The second-order valence-electron chi connectivity index (χ2n) is 6.59. The van der Waals surface area contributed by atoms with Gasteiger partial charge in [-0.1, -0.05) is 19.1 Å². The van der Waals surface area contributed by atoms with Gasteiger partial charge in [0, 0.05) is 29.9 Å². The van der Waals surface area contributed by atoms with Crippen LogP contribution >= 0.6 is 0 Å². The van der Waals surface area contributed by atoms with E-state index in [1.54, 1.807) is 35.0 Å². The van der Waals surface area contributed by atoms with Gasteiger partial charge in [0.05, 0.1) is 0 Å². The molecular formula is C20H20N4O2. The topological polar surface area (TPSA) is 76.9 Å². The molecule has 3 aromatic rings. The highest BCUT2D eigenvalue weighted by Crippen LogP contribution is 2.21. The van der Waals surface area contributed by atoms with E-state index in [1.807, 2.05) is 19.1 Å². The Bertz CT molecular complexity index is 1020. The van der Waals surface area contributed by atoms with E-state index in [4.69, 9.17) is 0 Å². The summed E-state index contributed by atoms with van der Waals surface area (Å²) in [7, 11) is 0. The summed E-state index contributed by atoms with van der Waals surface area (Å²) in [5.74, 6) is -0.0712. The minimum absolute atomic E-state index is 0.0712. The number of aryl methyl sites for hydroxylation is 1. The maximum atomic E-state index is 12.9. The summed E-state index contributed by atoms with van der Waals surface area (Å²) in [5, 5.41) is 2.96. The van der Waals surface area contributed by atoms with Gasteiger partial charge in [-0.15, -0.1) is 0 Å². The number of pyridine rings is 1. The molecule has 0 spiro atoms. The Kier molecular flexibility index (Phi) is 4.24. The number of nitrogens with zero attached hydrogens (tertiary/aromatic N) is 3. The van der Waals surface area contributed by atoms with Gasteiger partial charge in [-0.3, -0.25) is 14.2 Å². The number of hydrogen-bond donors (Lipinski definition) is 1. The van der Waals surface area contributed by atoms with E-state index in [9.17, 15) is 9.59 Å². The lowest BCUT2D eigenvalue weighted by atomic mass is 10.1. The van der Waals surface area contributed by atoms with E-state index in [2.05, 4.69) is 15.3 Å². The SMILES string of the molecule is CCCn1c(=O)c(-c2ccc(C(=O)NC3CC3)cc2)nc2cccnc21. The molecule has 4 rings (SSSR count). The van der Waals surface area contributed by atoms with E-state index < -0.39 is 0 Å². The molecule has 0 atom stereocenters. The molecular weight excluding hydrogens is 328 g/mol. The van der Waals surface area contributed by atoms with Gasteiger partial charge in [0.1, 0.15) is 11.2 Å². The molecule has 1 aromatic carbocycles. The van der Waals surface area contributed by atoms with Crippen molar-refractivity contribution in [1.82, 2.24) is 19.9 Å². The Balaban J connectivity index is 1.75. The summed E-state index contributed by atoms with van der Waals surface area (Å²) in [6.07, 6.45) is 4.60. The molecule has 0 saturated heterocycles. The fraction of sp³-hybridized carbons (Fsp3) is 0.300. The second kappa shape index (κ2) is 6.71. The van der Waals surface area contributed by atoms with Gasteiger partial charge in [-0.05, 0) is 43.5 Å². The lowest BCUT2D eigenvalue weighted by Gasteiger charge is -2.11. The van der Waals surface area contributed by atoms with Gasteiger partial charge in [-0.2, -0.15) is 0 Å². The van der Waals surface area contributed by atoms with Crippen molar-refractivity contribution in [3.05, 3.63) is 58.5 Å². The Labute approximate surface area is 150 Å². The number of fused-ring (bicyclic) bond motifs is 1. The number of benzene rings is 1. The smallest absolute Gasteiger partial charge is 0.278 e. The van der Waals surface area contributed by atoms with Gasteiger partial charge >= 0.3 is 0 Å². The van der Waals surface area contributed by atoms with Crippen molar-refractivity contribution >= 4 is 17.1 Å². The van der Waals surface area contributed by atoms with Crippen LogP contribution < -0.4 is 10.9 Å². The molecule has 0 aliphatic heterocycles. The summed E-state index contributed by atoms with van der Waals surface area (Å²) in [4.78, 5) is 33.9. The summed E-state index contributed by atoms with van der Waals surface area (Å²) in [5.41, 5.74) is 2.81. The molecule has 1 aliphatic carbocycles. The molecule has 1 saturated carbocycles. The molecule has 132 valence electrons. The van der Waals surface area contributed by atoms with Crippen molar-refractivity contribution in [3.8, 4) is 11.3 Å². The van der Waals surface area contributed by atoms with Crippen LogP contribution in [0.2, 0.25) is 0 Å². The third-order valence-electron chi connectivity index (χ3n) is 4.48. The van der Waals surface area contributed by atoms with Crippen LogP contribution in [0.1, 0.15) is 36.5 Å². The predicted molar refractivity (Wildman–Crippen MR) is 100 cm³/mol. The summed E-state index contributed by atoms with van der Waals surface area (Å²) in [6.45, 7) is 2.61. The van der Waals surface area contributed by atoms with Crippen LogP contribution in [0, 0.1) is 0 Å². The first-order valence-electron chi connectivity index (χ1n) is 8.94. The highest BCUT2D eigenvalue weighted by molar-refractivity contribution is 5.95. The maximum Gasteiger partial charge on any atom is 0.278 e. The number of nitrogens with one attached hydrogen (secondary N) is 1. The van der Waals surface area contributed by atoms with Crippen LogP contribution in [-0.4, -0.2) is 26.5 Å². The minimum atomic E-state index is -0.159. The molecule has 0 radical (unpaired) electrons. The first kappa shape index (κ1) is 16.4. The van der Waals surface area contributed by atoms with Crippen molar-refractivity contribution in [2.75, 3.05) is 0 Å². The zero-order chi connectivity index (χ0) is 18.1. The molecule has 0 unspecified atom stereocenters. The standard InChI is InChI=1S/C20H20N4O2/c1-2-12-24-18-16(4-3-11-21-18)23-17(20(24)26)13-5-7-14(8-6-13)19(25)22-15-9-10-15/h3-8,11,15H,2,9-10,12H2,1H3,(H,22,25). The third-order valence-corrected chi connectivity index (χ3v) is 4.48. The number of carbonyl (C=O) groups is 1. The van der Waals surface area contributed by atoms with E-state index in [0.29, 0.717) is 40.6 Å². The van der Waals surface area contributed by atoms with E-state index >= 15 is 0 Å². The fourth-order valence-corrected chi connectivity index (χ4v) is 2.97. The van der Waals surface area contributed by atoms with Crippen molar-refractivity contribution in [2.45, 2.75) is 38.8 Å². The van der Waals surface area contributed by atoms with Gasteiger partial charge in [-0.25, -0.2) is 9.97 Å². The number of hydrogen-bond acceptors (Lipinski definition) is 4. The fourth-order valence-electron chi connectivity index (χ4n) is 2.97. The lowest BCUT2D eigenvalue weighted by molar-refractivity contribution is 0.0951. The summed E-state index contributed by atoms with van der Waals surface area (Å²) >= 11 is 0. The largest absolute Gasteiger partial charge is 0.349 e. The maximum absolute atomic E-state index is 12.9. The third kappa shape index (κ3) is 3.10. The normalized spacial score (nSPS) is 13.7. The monoisotopic (exact) mass is 348 g/mol. The summed E-state index contributed by atoms with van der Waals surface area (Å²) < 4.78 is 1.67. The van der Waals surface area contributed by atoms with Gasteiger partial charge < -0.3 is 5.32 Å². The molecule has 2 aromatic heterocycles. The number of carbonyl (C=O) groups excluding carboxylic acids is 1. The summed E-state index contributed by atoms with van der Waals surface area (Å²) in [6, 6.07) is 11.0. The molecule has 1 aliphatic rings. The van der Waals surface area contributed by atoms with Crippen molar-refractivity contribution in [3.63, 3.8) is 0 Å². The Morgan fingerprint density at radius 3 is 2.69 bits per heavy atom. The van der Waals surface area contributed by atoms with E-state index in [-0.39, 0.29) is 11.5 Å². The molecule has 0 bridgehead atoms. The molecule has 26 heavy (non-hydrogen) atoms. The first-order valence-corrected chi connectivity index (χ1v) is 8.94. The van der Waals surface area contributed by atoms with Crippen LogP contribution in [-0.2, 0) is 6.54 Å². The molecule has 2 heterocycles. The zero-order valence-electron chi connectivity index (χ0n) is 14.6. The van der Waals surface area contributed by atoms with Crippen LogP contribution in [0.3, 0.4) is 0 Å². The molecule has 1 N–H and O–H groups in total. The molecule has 1 fully saturated rings. The second-order valence-corrected chi connectivity index (χ2v) is 6.59. The lowest BCUT2D eigenvalue weighted by Crippen LogP contribution is -2.25. The van der Waals surface area contributed by atoms with Crippen LogP contribution in [0.5, 0.6) is 0 Å². The average molecular weight is 348 g/mol. The van der Waals surface area contributed by atoms with Crippen LogP contribution in [0.4, 0.5) is 0 Å². The van der Waals surface area contributed by atoms with Gasteiger partial charge in [0.25, 0.3) is 11.5 Å². The Morgan fingerprint density at radius 1 is 1.23 bits per heavy atom. The highest BCUT2D eigenvalue weighted by Gasteiger charge is 2.23. The Hall–Kier alpha value is -3.02. The molecule has 6 heteroatoms. The van der Waals surface area contributed by atoms with Crippen LogP contribution in [0.25, 0.3) is 22.4 Å².